The summed E-state index contributed by atoms with van der Waals surface area (Å²) < 4.78 is 5.57. The van der Waals surface area contributed by atoms with Gasteiger partial charge in [-0.15, -0.1) is 0 Å². The summed E-state index contributed by atoms with van der Waals surface area (Å²) in [6, 6.07) is 17.3. The van der Waals surface area contributed by atoms with Crippen molar-refractivity contribution in [1.82, 2.24) is 9.97 Å². The third-order valence-corrected chi connectivity index (χ3v) is 5.33. The molecular formula is C25H24N2O4. The number of rotatable bonds is 7. The van der Waals surface area contributed by atoms with Crippen LogP contribution in [0.1, 0.15) is 58.7 Å². The molecule has 31 heavy (non-hydrogen) atoms. The van der Waals surface area contributed by atoms with Crippen molar-refractivity contribution in [3.63, 3.8) is 0 Å². The first-order valence-corrected chi connectivity index (χ1v) is 10.4. The Labute approximate surface area is 180 Å². The number of carboxylic acid groups (broad SMARTS) is 1. The van der Waals surface area contributed by atoms with Crippen LogP contribution < -0.4 is 4.74 Å². The summed E-state index contributed by atoms with van der Waals surface area (Å²) in [6.45, 7) is 0.106. The first-order valence-electron chi connectivity index (χ1n) is 10.4. The Hall–Kier alpha value is -3.67. The molecule has 1 aliphatic rings. The molecule has 0 amide bonds. The van der Waals surface area contributed by atoms with E-state index in [4.69, 9.17) is 4.74 Å². The molecule has 0 spiro atoms. The Kier molecular flexibility index (Phi) is 6.26. The molecule has 2 aromatic carbocycles. The third kappa shape index (κ3) is 4.91. The van der Waals surface area contributed by atoms with E-state index in [0.29, 0.717) is 6.42 Å². The van der Waals surface area contributed by atoms with Gasteiger partial charge in [-0.1, -0.05) is 60.7 Å². The molecule has 1 aromatic heterocycles. The van der Waals surface area contributed by atoms with Crippen LogP contribution in [-0.4, -0.2) is 26.2 Å². The highest BCUT2D eigenvalue weighted by Gasteiger charge is 2.22. The molecule has 0 saturated carbocycles. The zero-order valence-corrected chi connectivity index (χ0v) is 17.1. The lowest BCUT2D eigenvalue weighted by Gasteiger charge is -2.17. The van der Waals surface area contributed by atoms with Crippen LogP contribution in [0.4, 0.5) is 0 Å². The fourth-order valence-corrected chi connectivity index (χ4v) is 3.81. The van der Waals surface area contributed by atoms with Crippen molar-refractivity contribution in [2.75, 3.05) is 0 Å². The summed E-state index contributed by atoms with van der Waals surface area (Å²) in [4.78, 5) is 20.2. The van der Waals surface area contributed by atoms with E-state index >= 15 is 0 Å². The predicted molar refractivity (Wildman–Crippen MR) is 117 cm³/mol. The van der Waals surface area contributed by atoms with Gasteiger partial charge in [0.05, 0.1) is 0 Å². The van der Waals surface area contributed by atoms with Crippen molar-refractivity contribution < 1.29 is 19.7 Å². The van der Waals surface area contributed by atoms with E-state index in [1.54, 1.807) is 0 Å². The molecule has 0 radical (unpaired) electrons. The molecular weight excluding hydrogens is 392 g/mol. The van der Waals surface area contributed by atoms with Crippen LogP contribution in [0.2, 0.25) is 0 Å². The van der Waals surface area contributed by atoms with Crippen molar-refractivity contribution in [1.29, 1.82) is 0 Å². The average Bonchev–Trinajstić information content (AvgIpc) is 2.79. The highest BCUT2D eigenvalue weighted by Crippen LogP contribution is 2.32. The lowest BCUT2D eigenvalue weighted by atomic mass is 9.90. The molecule has 0 fully saturated rings. The van der Waals surface area contributed by atoms with Crippen LogP contribution in [0.3, 0.4) is 0 Å². The summed E-state index contributed by atoms with van der Waals surface area (Å²) >= 11 is 0. The number of aromatic nitrogens is 2. The molecule has 0 atom stereocenters. The largest absolute Gasteiger partial charge is 0.491 e. The minimum absolute atomic E-state index is 0.106. The Bertz CT molecular complexity index is 1110. The van der Waals surface area contributed by atoms with Crippen molar-refractivity contribution in [2.45, 2.75) is 38.7 Å². The second-order valence-corrected chi connectivity index (χ2v) is 7.53. The standard InChI is InChI=1S/C25H24N2O4/c28-24-23(31-16-17-9-3-1-4-10-17)22(25(29)30)26-21(27-24)15-19-13-7-8-14-20(19)18-11-5-2-6-12-18/h1,3-4,7-11,13-14H,2,5-6,12,15-16H2,(H,29,30)(H,26,27,28). The Morgan fingerprint density at radius 1 is 1.00 bits per heavy atom. The number of ether oxygens (including phenoxy) is 1. The molecule has 2 N–H and O–H groups in total. The average molecular weight is 416 g/mol. The maximum atomic E-state index is 11.8. The van der Waals surface area contributed by atoms with Gasteiger partial charge in [0.25, 0.3) is 5.88 Å². The highest BCUT2D eigenvalue weighted by atomic mass is 16.5. The lowest BCUT2D eigenvalue weighted by Crippen LogP contribution is -2.11. The van der Waals surface area contributed by atoms with Gasteiger partial charge in [-0.25, -0.2) is 9.78 Å². The minimum atomic E-state index is -1.27. The van der Waals surface area contributed by atoms with E-state index in [1.807, 2.05) is 48.5 Å². The number of nitrogens with zero attached hydrogens (tertiary/aromatic N) is 2. The first-order chi connectivity index (χ1) is 15.1. The molecule has 4 rings (SSSR count). The molecule has 6 heteroatoms. The van der Waals surface area contributed by atoms with E-state index in [2.05, 4.69) is 22.1 Å². The van der Waals surface area contributed by atoms with Crippen molar-refractivity contribution >= 4 is 11.5 Å². The van der Waals surface area contributed by atoms with Gasteiger partial charge in [0.2, 0.25) is 5.75 Å². The van der Waals surface area contributed by atoms with E-state index in [0.717, 1.165) is 36.0 Å². The molecule has 158 valence electrons. The lowest BCUT2D eigenvalue weighted by molar-refractivity contribution is 0.0682. The molecule has 6 nitrogen and oxygen atoms in total. The highest BCUT2D eigenvalue weighted by molar-refractivity contribution is 5.89. The molecule has 0 saturated heterocycles. The number of carbonyl (C=O) groups is 1. The van der Waals surface area contributed by atoms with E-state index < -0.39 is 11.8 Å². The maximum Gasteiger partial charge on any atom is 0.358 e. The summed E-state index contributed by atoms with van der Waals surface area (Å²) in [5, 5.41) is 20.1. The van der Waals surface area contributed by atoms with Crippen molar-refractivity contribution in [3.8, 4) is 11.6 Å². The summed E-state index contributed by atoms with van der Waals surface area (Å²) in [5.41, 5.74) is 3.94. The number of carboxylic acids is 1. The summed E-state index contributed by atoms with van der Waals surface area (Å²) in [6.07, 6.45) is 7.04. The first kappa shape index (κ1) is 20.6. The Morgan fingerprint density at radius 3 is 2.52 bits per heavy atom. The number of allylic oxidation sites excluding steroid dienone is 2. The van der Waals surface area contributed by atoms with E-state index in [-0.39, 0.29) is 23.9 Å². The van der Waals surface area contributed by atoms with Gasteiger partial charge in [0.1, 0.15) is 12.4 Å². The normalized spacial score (nSPS) is 13.5. The summed E-state index contributed by atoms with van der Waals surface area (Å²) in [5.74, 6) is -1.72. The molecule has 3 aromatic rings. The zero-order chi connectivity index (χ0) is 21.6. The van der Waals surface area contributed by atoms with Crippen LogP contribution in [0.5, 0.6) is 11.6 Å². The molecule has 1 heterocycles. The molecule has 0 bridgehead atoms. The molecule has 0 unspecified atom stereocenters. The number of hydrogen-bond acceptors (Lipinski definition) is 5. The third-order valence-electron chi connectivity index (χ3n) is 5.33. The van der Waals surface area contributed by atoms with Gasteiger partial charge in [-0.05, 0) is 47.9 Å². The second-order valence-electron chi connectivity index (χ2n) is 7.53. The Morgan fingerprint density at radius 2 is 1.77 bits per heavy atom. The van der Waals surface area contributed by atoms with Gasteiger partial charge in [-0.2, -0.15) is 4.98 Å². The predicted octanol–water partition coefficient (Wildman–Crippen LogP) is 5.01. The van der Waals surface area contributed by atoms with Gasteiger partial charge in [0.15, 0.2) is 5.69 Å². The minimum Gasteiger partial charge on any atom is -0.491 e. The second kappa shape index (κ2) is 9.43. The van der Waals surface area contributed by atoms with Gasteiger partial charge < -0.3 is 14.9 Å². The van der Waals surface area contributed by atoms with Crippen LogP contribution in [-0.2, 0) is 13.0 Å². The number of hydrogen-bond donors (Lipinski definition) is 2. The van der Waals surface area contributed by atoms with Crippen LogP contribution in [0.25, 0.3) is 5.57 Å². The number of aromatic hydroxyl groups is 1. The maximum absolute atomic E-state index is 11.8. The fraction of sp³-hybridized carbons (Fsp3) is 0.240. The molecule has 0 aliphatic heterocycles. The van der Waals surface area contributed by atoms with Gasteiger partial charge in [0, 0.05) is 6.42 Å². The van der Waals surface area contributed by atoms with E-state index in [9.17, 15) is 15.0 Å². The van der Waals surface area contributed by atoms with Crippen LogP contribution >= 0.6 is 0 Å². The molecule has 1 aliphatic carbocycles. The van der Waals surface area contributed by atoms with Crippen LogP contribution in [0.15, 0.2) is 60.7 Å². The topological polar surface area (TPSA) is 92.5 Å². The van der Waals surface area contributed by atoms with E-state index in [1.165, 1.54) is 12.0 Å². The Balaban J connectivity index is 1.62. The zero-order valence-electron chi connectivity index (χ0n) is 17.1. The summed E-state index contributed by atoms with van der Waals surface area (Å²) in [7, 11) is 0. The quantitative estimate of drug-likeness (QED) is 0.563. The fourth-order valence-electron chi connectivity index (χ4n) is 3.81. The van der Waals surface area contributed by atoms with Crippen LogP contribution in [0, 0.1) is 0 Å². The van der Waals surface area contributed by atoms with Crippen molar-refractivity contribution in [3.05, 3.63) is 88.9 Å². The van der Waals surface area contributed by atoms with Gasteiger partial charge >= 0.3 is 5.97 Å². The SMILES string of the molecule is O=C(O)c1nc(Cc2ccccc2C2=CCCCC2)nc(O)c1OCc1ccccc1. The smallest absolute Gasteiger partial charge is 0.358 e. The monoisotopic (exact) mass is 416 g/mol. The number of aromatic carboxylic acids is 1. The van der Waals surface area contributed by atoms with Gasteiger partial charge in [-0.3, -0.25) is 0 Å². The van der Waals surface area contributed by atoms with Crippen molar-refractivity contribution in [2.24, 2.45) is 0 Å². The number of benzene rings is 2.